The number of H-pyrrole nitrogens is 1. The van der Waals surface area contributed by atoms with Gasteiger partial charge >= 0.3 is 0 Å². The Morgan fingerprint density at radius 1 is 1.12 bits per heavy atom. The van der Waals surface area contributed by atoms with Crippen molar-refractivity contribution in [3.63, 3.8) is 0 Å². The number of hydrogen-bond donors (Lipinski definition) is 2. The summed E-state index contributed by atoms with van der Waals surface area (Å²) in [6, 6.07) is 14.0. The predicted octanol–water partition coefficient (Wildman–Crippen LogP) is 4.16. The molecule has 2 aromatic carbocycles. The molecule has 3 rings (SSSR count). The molecule has 7 heteroatoms. The van der Waals surface area contributed by atoms with Gasteiger partial charge in [-0.1, -0.05) is 30.3 Å². The number of rotatable bonds is 8. The van der Waals surface area contributed by atoms with E-state index in [2.05, 4.69) is 36.4 Å². The minimum absolute atomic E-state index is 0.481. The fourth-order valence-corrected chi connectivity index (χ4v) is 2.94. The standard InChI is InChI=1S/C18H19BrN4O2/c1-2-24-16-9-14(10-20-18-21-12-22-23-18)8-15(19)17(16)25-11-13-6-4-3-5-7-13/h3-9,12H,2,10-11H2,1H3,(H2,20,21,22,23). The van der Waals surface area contributed by atoms with Gasteiger partial charge in [0.15, 0.2) is 11.5 Å². The van der Waals surface area contributed by atoms with Crippen molar-refractivity contribution in [3.8, 4) is 11.5 Å². The molecule has 0 atom stereocenters. The first-order chi connectivity index (χ1) is 12.3. The monoisotopic (exact) mass is 402 g/mol. The van der Waals surface area contributed by atoms with E-state index in [1.807, 2.05) is 49.4 Å². The molecular weight excluding hydrogens is 384 g/mol. The molecular formula is C18H19BrN4O2. The smallest absolute Gasteiger partial charge is 0.218 e. The van der Waals surface area contributed by atoms with E-state index in [1.165, 1.54) is 6.33 Å². The van der Waals surface area contributed by atoms with Crippen LogP contribution in [0.1, 0.15) is 18.1 Å². The summed E-state index contributed by atoms with van der Waals surface area (Å²) in [5.41, 5.74) is 2.15. The second-order valence-corrected chi connectivity index (χ2v) is 6.15. The van der Waals surface area contributed by atoms with Crippen molar-refractivity contribution in [3.05, 3.63) is 64.4 Å². The van der Waals surface area contributed by atoms with Crippen LogP contribution in [0.4, 0.5) is 5.95 Å². The van der Waals surface area contributed by atoms with Crippen LogP contribution in [0.2, 0.25) is 0 Å². The topological polar surface area (TPSA) is 72.1 Å². The fraction of sp³-hybridized carbons (Fsp3) is 0.222. The molecule has 0 unspecified atom stereocenters. The molecule has 2 N–H and O–H groups in total. The van der Waals surface area contributed by atoms with E-state index < -0.39 is 0 Å². The second-order valence-electron chi connectivity index (χ2n) is 5.30. The number of ether oxygens (including phenoxy) is 2. The molecule has 130 valence electrons. The Bertz CT molecular complexity index is 794. The molecule has 0 spiro atoms. The zero-order valence-electron chi connectivity index (χ0n) is 13.8. The quantitative estimate of drug-likeness (QED) is 0.591. The van der Waals surface area contributed by atoms with Gasteiger partial charge in [0, 0.05) is 6.54 Å². The van der Waals surface area contributed by atoms with Crippen molar-refractivity contribution in [2.24, 2.45) is 0 Å². The average Bonchev–Trinajstić information content (AvgIpc) is 3.14. The maximum absolute atomic E-state index is 5.99. The van der Waals surface area contributed by atoms with Gasteiger partial charge in [-0.25, -0.2) is 10.1 Å². The Labute approximate surface area is 154 Å². The largest absolute Gasteiger partial charge is 0.490 e. The molecule has 0 fully saturated rings. The highest BCUT2D eigenvalue weighted by Crippen LogP contribution is 2.37. The number of aromatic amines is 1. The number of nitrogens with one attached hydrogen (secondary N) is 2. The number of anilines is 1. The molecule has 0 saturated heterocycles. The van der Waals surface area contributed by atoms with Crippen LogP contribution >= 0.6 is 15.9 Å². The Balaban J connectivity index is 1.74. The van der Waals surface area contributed by atoms with Crippen molar-refractivity contribution in [1.29, 1.82) is 0 Å². The Morgan fingerprint density at radius 3 is 2.68 bits per heavy atom. The Morgan fingerprint density at radius 2 is 1.96 bits per heavy atom. The van der Waals surface area contributed by atoms with Crippen LogP contribution in [-0.2, 0) is 13.2 Å². The molecule has 0 aliphatic rings. The highest BCUT2D eigenvalue weighted by atomic mass is 79.9. The van der Waals surface area contributed by atoms with Gasteiger partial charge < -0.3 is 14.8 Å². The summed E-state index contributed by atoms with van der Waals surface area (Å²) in [6.07, 6.45) is 1.46. The van der Waals surface area contributed by atoms with Crippen LogP contribution in [0, 0.1) is 0 Å². The summed E-state index contributed by atoms with van der Waals surface area (Å²) in [7, 11) is 0. The predicted molar refractivity (Wildman–Crippen MR) is 99.8 cm³/mol. The van der Waals surface area contributed by atoms with Crippen LogP contribution in [-0.4, -0.2) is 21.8 Å². The SMILES string of the molecule is CCOc1cc(CNc2ncn[nH]2)cc(Br)c1OCc1ccccc1. The molecule has 3 aromatic rings. The van der Waals surface area contributed by atoms with Crippen molar-refractivity contribution in [2.75, 3.05) is 11.9 Å². The van der Waals surface area contributed by atoms with Gasteiger partial charge in [-0.3, -0.25) is 0 Å². The second kappa shape index (κ2) is 8.53. The zero-order chi connectivity index (χ0) is 17.5. The maximum atomic E-state index is 5.99. The number of aromatic nitrogens is 3. The molecule has 0 radical (unpaired) electrons. The third-order valence-electron chi connectivity index (χ3n) is 3.47. The van der Waals surface area contributed by atoms with Gasteiger partial charge in [0.2, 0.25) is 5.95 Å². The lowest BCUT2D eigenvalue weighted by Crippen LogP contribution is -2.04. The molecule has 0 bridgehead atoms. The number of halogens is 1. The van der Waals surface area contributed by atoms with E-state index >= 15 is 0 Å². The lowest BCUT2D eigenvalue weighted by molar-refractivity contribution is 0.267. The minimum Gasteiger partial charge on any atom is -0.490 e. The van der Waals surface area contributed by atoms with E-state index in [-0.39, 0.29) is 0 Å². The van der Waals surface area contributed by atoms with Gasteiger partial charge in [0.1, 0.15) is 12.9 Å². The molecule has 1 aromatic heterocycles. The van der Waals surface area contributed by atoms with Crippen LogP contribution < -0.4 is 14.8 Å². The van der Waals surface area contributed by atoms with Crippen molar-refractivity contribution in [1.82, 2.24) is 15.2 Å². The summed E-state index contributed by atoms with van der Waals surface area (Å²) in [5, 5.41) is 9.75. The van der Waals surface area contributed by atoms with Crippen LogP contribution in [0.15, 0.2) is 53.3 Å². The van der Waals surface area contributed by atoms with Gasteiger partial charge in [0.25, 0.3) is 0 Å². The Hall–Kier alpha value is -2.54. The molecule has 1 heterocycles. The van der Waals surface area contributed by atoms with E-state index in [0.717, 1.165) is 15.6 Å². The van der Waals surface area contributed by atoms with Gasteiger partial charge in [0.05, 0.1) is 11.1 Å². The molecule has 0 amide bonds. The van der Waals surface area contributed by atoms with E-state index in [4.69, 9.17) is 9.47 Å². The number of benzene rings is 2. The van der Waals surface area contributed by atoms with Crippen molar-refractivity contribution in [2.45, 2.75) is 20.1 Å². The van der Waals surface area contributed by atoms with Crippen LogP contribution in [0.25, 0.3) is 0 Å². The van der Waals surface area contributed by atoms with Crippen molar-refractivity contribution < 1.29 is 9.47 Å². The van der Waals surface area contributed by atoms with E-state index in [0.29, 0.717) is 37.2 Å². The highest BCUT2D eigenvalue weighted by Gasteiger charge is 2.13. The van der Waals surface area contributed by atoms with E-state index in [9.17, 15) is 0 Å². The van der Waals surface area contributed by atoms with Crippen LogP contribution in [0.5, 0.6) is 11.5 Å². The third-order valence-corrected chi connectivity index (χ3v) is 4.06. The summed E-state index contributed by atoms with van der Waals surface area (Å²) in [4.78, 5) is 4.05. The van der Waals surface area contributed by atoms with E-state index in [1.54, 1.807) is 0 Å². The summed E-state index contributed by atoms with van der Waals surface area (Å²) < 4.78 is 12.6. The summed E-state index contributed by atoms with van der Waals surface area (Å²) in [6.45, 7) is 3.59. The molecule has 25 heavy (non-hydrogen) atoms. The highest BCUT2D eigenvalue weighted by molar-refractivity contribution is 9.10. The molecule has 6 nitrogen and oxygen atoms in total. The lowest BCUT2D eigenvalue weighted by atomic mass is 10.2. The van der Waals surface area contributed by atoms with Gasteiger partial charge in [-0.15, -0.1) is 0 Å². The first-order valence-electron chi connectivity index (χ1n) is 7.97. The first kappa shape index (κ1) is 17.3. The summed E-state index contributed by atoms with van der Waals surface area (Å²) in [5.74, 6) is 2.04. The molecule has 0 aliphatic heterocycles. The first-order valence-corrected chi connectivity index (χ1v) is 8.76. The summed E-state index contributed by atoms with van der Waals surface area (Å²) >= 11 is 3.59. The molecule has 0 aliphatic carbocycles. The van der Waals surface area contributed by atoms with Crippen molar-refractivity contribution >= 4 is 21.9 Å². The average molecular weight is 403 g/mol. The molecule has 0 saturated carbocycles. The third kappa shape index (κ3) is 4.73. The number of nitrogens with zero attached hydrogens (tertiary/aromatic N) is 2. The normalized spacial score (nSPS) is 10.5. The van der Waals surface area contributed by atoms with Gasteiger partial charge in [-0.2, -0.15) is 5.10 Å². The van der Waals surface area contributed by atoms with Crippen LogP contribution in [0.3, 0.4) is 0 Å². The number of hydrogen-bond acceptors (Lipinski definition) is 5. The lowest BCUT2D eigenvalue weighted by Gasteiger charge is -2.16. The minimum atomic E-state index is 0.481. The fourth-order valence-electron chi connectivity index (χ4n) is 2.33. The zero-order valence-corrected chi connectivity index (χ0v) is 15.4. The Kier molecular flexibility index (Phi) is 5.90. The maximum Gasteiger partial charge on any atom is 0.218 e. The van der Waals surface area contributed by atoms with Gasteiger partial charge in [-0.05, 0) is 46.1 Å².